The van der Waals surface area contributed by atoms with Gasteiger partial charge in [0.25, 0.3) is 5.91 Å². The van der Waals surface area contributed by atoms with Crippen LogP contribution >= 0.6 is 0 Å². The lowest BCUT2D eigenvalue weighted by Gasteiger charge is -2.40. The number of likely N-dealkylation sites (N-methyl/N-ethyl adjacent to an activating group) is 1. The van der Waals surface area contributed by atoms with Gasteiger partial charge in [-0.05, 0) is 55.4 Å². The minimum atomic E-state index is -4.98. The van der Waals surface area contributed by atoms with Crippen molar-refractivity contribution in [1.82, 2.24) is 9.88 Å². The normalized spacial score (nSPS) is 16.6. The van der Waals surface area contributed by atoms with Crippen LogP contribution in [-0.4, -0.2) is 42.6 Å². The number of alkyl halides is 3. The molecule has 0 saturated heterocycles. The van der Waals surface area contributed by atoms with Gasteiger partial charge in [0.05, 0.1) is 22.5 Å². The average molecular weight is 504 g/mol. The summed E-state index contributed by atoms with van der Waals surface area (Å²) in [6, 6.07) is 7.87. The van der Waals surface area contributed by atoms with E-state index in [9.17, 15) is 31.5 Å². The molecule has 0 radical (unpaired) electrons. The summed E-state index contributed by atoms with van der Waals surface area (Å²) in [4.78, 5) is 33.0. The maximum absolute atomic E-state index is 14.6. The molecule has 0 spiro atoms. The molecular weight excluding hydrogens is 483 g/mol. The summed E-state index contributed by atoms with van der Waals surface area (Å²) >= 11 is 0. The minimum Gasteiger partial charge on any atom is -0.324 e. The first-order chi connectivity index (χ1) is 17.0. The Hall–Kier alpha value is -3.73. The number of aromatic amines is 1. The largest absolute Gasteiger partial charge is 0.419 e. The van der Waals surface area contributed by atoms with E-state index in [2.05, 4.69) is 4.98 Å². The number of hydrogen-bond acceptors (Lipinski definition) is 4. The highest BCUT2D eigenvalue weighted by atomic mass is 19.4. The third-order valence-electron chi connectivity index (χ3n) is 6.55. The maximum atomic E-state index is 14.6. The van der Waals surface area contributed by atoms with Crippen molar-refractivity contribution in [2.45, 2.75) is 19.0 Å². The van der Waals surface area contributed by atoms with E-state index in [1.807, 2.05) is 11.9 Å². The maximum Gasteiger partial charge on any atom is 0.419 e. The lowest BCUT2D eigenvalue weighted by Crippen LogP contribution is -2.46. The molecule has 2 aliphatic heterocycles. The van der Waals surface area contributed by atoms with Crippen LogP contribution in [0.5, 0.6) is 0 Å². The first-order valence-corrected chi connectivity index (χ1v) is 11.2. The molecule has 1 amide bonds. The zero-order valence-electron chi connectivity index (χ0n) is 19.1. The molecule has 0 aliphatic carbocycles. The van der Waals surface area contributed by atoms with Gasteiger partial charge in [-0.25, -0.2) is 8.78 Å². The fourth-order valence-electron chi connectivity index (χ4n) is 4.69. The molecule has 11 heteroatoms. The minimum absolute atomic E-state index is 0.130. The van der Waals surface area contributed by atoms with Gasteiger partial charge in [0.15, 0.2) is 0 Å². The number of carbonyl (C=O) groups excluding carboxylic acids is 1. The highest BCUT2D eigenvalue weighted by Crippen LogP contribution is 2.42. The molecule has 0 fully saturated rings. The van der Waals surface area contributed by atoms with Crippen LogP contribution in [0.3, 0.4) is 0 Å². The Kier molecular flexibility index (Phi) is 5.82. The Morgan fingerprint density at radius 1 is 0.861 bits per heavy atom. The monoisotopic (exact) mass is 504 g/mol. The van der Waals surface area contributed by atoms with Gasteiger partial charge in [0, 0.05) is 37.0 Å². The van der Waals surface area contributed by atoms with Crippen LogP contribution in [0.25, 0.3) is 0 Å². The summed E-state index contributed by atoms with van der Waals surface area (Å²) in [5, 5.41) is 0. The van der Waals surface area contributed by atoms with Gasteiger partial charge >= 0.3 is 6.18 Å². The third kappa shape index (κ3) is 4.23. The number of pyridine rings is 1. The summed E-state index contributed by atoms with van der Waals surface area (Å²) in [6.07, 6.45) is -4.24. The van der Waals surface area contributed by atoms with Crippen molar-refractivity contribution in [1.29, 1.82) is 0 Å². The van der Waals surface area contributed by atoms with Gasteiger partial charge in [-0.3, -0.25) is 14.5 Å². The summed E-state index contributed by atoms with van der Waals surface area (Å²) in [5.74, 6) is -2.79. The van der Waals surface area contributed by atoms with Crippen molar-refractivity contribution in [2.24, 2.45) is 0 Å². The Bertz CT molecular complexity index is 1420. The number of hydrogen-bond donors (Lipinski definition) is 1. The third-order valence-corrected chi connectivity index (χ3v) is 6.55. The van der Waals surface area contributed by atoms with Gasteiger partial charge in [-0.15, -0.1) is 0 Å². The molecule has 3 heterocycles. The quantitative estimate of drug-likeness (QED) is 0.460. The second-order valence-corrected chi connectivity index (χ2v) is 8.91. The zero-order chi connectivity index (χ0) is 25.8. The van der Waals surface area contributed by atoms with Crippen molar-refractivity contribution in [3.63, 3.8) is 0 Å². The number of nitrogens with one attached hydrogen (secondary N) is 1. The van der Waals surface area contributed by atoms with Gasteiger partial charge < -0.3 is 14.8 Å². The van der Waals surface area contributed by atoms with Crippen molar-refractivity contribution in [3.05, 3.63) is 86.8 Å². The Balaban J connectivity index is 1.79. The highest BCUT2D eigenvalue weighted by molar-refractivity contribution is 6.13. The van der Waals surface area contributed by atoms with E-state index >= 15 is 0 Å². The highest BCUT2D eigenvalue weighted by Gasteiger charge is 2.40. The second-order valence-electron chi connectivity index (χ2n) is 8.91. The number of benzene rings is 2. The predicted octanol–water partition coefficient (Wildman–Crippen LogP) is 4.46. The molecule has 0 atom stereocenters. The van der Waals surface area contributed by atoms with Crippen LogP contribution in [0, 0.1) is 11.6 Å². The molecule has 2 aliphatic rings. The van der Waals surface area contributed by atoms with Gasteiger partial charge in [-0.1, -0.05) is 0 Å². The van der Waals surface area contributed by atoms with E-state index in [0.29, 0.717) is 60.7 Å². The second kappa shape index (κ2) is 8.74. The van der Waals surface area contributed by atoms with Crippen molar-refractivity contribution in [2.75, 3.05) is 36.6 Å². The number of halogens is 5. The summed E-state index contributed by atoms with van der Waals surface area (Å²) in [6.45, 7) is 0.801. The molecule has 36 heavy (non-hydrogen) atoms. The van der Waals surface area contributed by atoms with Crippen LogP contribution in [-0.2, 0) is 19.0 Å². The molecule has 1 N–H and O–H groups in total. The predicted molar refractivity (Wildman–Crippen MR) is 124 cm³/mol. The summed E-state index contributed by atoms with van der Waals surface area (Å²) < 4.78 is 69.6. The fourth-order valence-corrected chi connectivity index (χ4v) is 4.69. The molecule has 2 bridgehead atoms. The number of nitrogens with zero attached hydrogens (tertiary/aromatic N) is 3. The number of aromatic nitrogens is 1. The number of amides is 1. The standard InChI is InChI=1S/C25H21F5N4O2/c1-32-8-6-14-10-15(26)2-3-20(14)33-13-34(21-4-5-23(35)31-19(21)7-9-32)24(36)16-11-18(27)17(12-22(16)33)25(28,29)30/h2-5,10-12H,6-9,13H2,1H3,(H,31,35). The number of fused-ring (bicyclic) bond motifs is 8. The van der Waals surface area contributed by atoms with E-state index < -0.39 is 29.3 Å². The summed E-state index contributed by atoms with van der Waals surface area (Å²) in [7, 11) is 1.85. The molecule has 2 aromatic carbocycles. The Morgan fingerprint density at radius 3 is 2.33 bits per heavy atom. The first kappa shape index (κ1) is 24.0. The van der Waals surface area contributed by atoms with Crippen LogP contribution < -0.4 is 15.4 Å². The van der Waals surface area contributed by atoms with E-state index in [1.54, 1.807) is 0 Å². The van der Waals surface area contributed by atoms with Gasteiger partial charge in [-0.2, -0.15) is 13.2 Å². The molecular formula is C25H21F5N4O2. The smallest absolute Gasteiger partial charge is 0.324 e. The molecule has 3 aromatic rings. The first-order valence-electron chi connectivity index (χ1n) is 11.2. The average Bonchev–Trinajstić information content (AvgIpc) is 2.81. The molecule has 6 nitrogen and oxygen atoms in total. The Labute approximate surface area is 202 Å². The molecule has 0 unspecified atom stereocenters. The van der Waals surface area contributed by atoms with Crippen LogP contribution in [0.2, 0.25) is 0 Å². The van der Waals surface area contributed by atoms with Crippen molar-refractivity contribution >= 4 is 23.0 Å². The SMILES string of the molecule is CN1CCc2cc(F)ccc2N2CN(C(=O)c3cc(F)c(C(F)(F)F)cc32)c2ccc(=O)[nH]c2CC1. The zero-order valence-corrected chi connectivity index (χ0v) is 19.1. The van der Waals surface area contributed by atoms with Crippen molar-refractivity contribution in [3.8, 4) is 0 Å². The number of rotatable bonds is 0. The molecule has 0 saturated carbocycles. The number of anilines is 3. The van der Waals surface area contributed by atoms with Crippen LogP contribution in [0.15, 0.2) is 47.3 Å². The van der Waals surface area contributed by atoms with Crippen LogP contribution in [0.1, 0.15) is 27.2 Å². The molecule has 1 aromatic heterocycles. The van der Waals surface area contributed by atoms with E-state index in [-0.39, 0.29) is 23.5 Å². The van der Waals surface area contributed by atoms with E-state index in [0.717, 1.165) is 0 Å². The van der Waals surface area contributed by atoms with Crippen molar-refractivity contribution < 1.29 is 26.7 Å². The van der Waals surface area contributed by atoms with E-state index in [4.69, 9.17) is 0 Å². The van der Waals surface area contributed by atoms with E-state index in [1.165, 1.54) is 40.1 Å². The number of H-pyrrole nitrogens is 1. The van der Waals surface area contributed by atoms with Gasteiger partial charge in [0.2, 0.25) is 5.56 Å². The lowest BCUT2D eigenvalue weighted by molar-refractivity contribution is -0.139. The molecule has 188 valence electrons. The topological polar surface area (TPSA) is 59.6 Å². The van der Waals surface area contributed by atoms with Gasteiger partial charge in [0.1, 0.15) is 18.3 Å². The Morgan fingerprint density at radius 2 is 1.58 bits per heavy atom. The lowest BCUT2D eigenvalue weighted by atomic mass is 10.00. The summed E-state index contributed by atoms with van der Waals surface area (Å²) in [5.41, 5.74) is -0.514. The van der Waals surface area contributed by atoms with Crippen LogP contribution in [0.4, 0.5) is 39.0 Å². The fraction of sp³-hybridized carbons (Fsp3) is 0.280. The molecule has 5 rings (SSSR count). The number of carbonyl (C=O) groups is 1.